The van der Waals surface area contributed by atoms with E-state index >= 15 is 0 Å². The van der Waals surface area contributed by atoms with Crippen LogP contribution in [0.5, 0.6) is 0 Å². The van der Waals surface area contributed by atoms with Gasteiger partial charge in [0.1, 0.15) is 12.1 Å². The zero-order chi connectivity index (χ0) is 31.1. The lowest BCUT2D eigenvalue weighted by Crippen LogP contribution is -2.40. The first kappa shape index (κ1) is 39.8. The van der Waals surface area contributed by atoms with Crippen molar-refractivity contribution in [3.05, 3.63) is 24.3 Å². The van der Waals surface area contributed by atoms with Crippen LogP contribution in [0.1, 0.15) is 162 Å². The Bertz CT molecular complexity index is 722. The molecular formula is C35H64N2O5. The van der Waals surface area contributed by atoms with Gasteiger partial charge in [-0.15, -0.1) is 0 Å². The summed E-state index contributed by atoms with van der Waals surface area (Å²) in [6, 6.07) is -0.872. The maximum Gasteiger partial charge on any atom is 0.326 e. The van der Waals surface area contributed by atoms with Crippen molar-refractivity contribution >= 4 is 17.8 Å². The Labute approximate surface area is 257 Å². The lowest BCUT2D eigenvalue weighted by Gasteiger charge is -2.18. The summed E-state index contributed by atoms with van der Waals surface area (Å²) in [5.41, 5.74) is 5.45. The number of amides is 1. The highest BCUT2D eigenvalue weighted by atomic mass is 16.5. The van der Waals surface area contributed by atoms with Gasteiger partial charge in [0.15, 0.2) is 0 Å². The van der Waals surface area contributed by atoms with E-state index in [4.69, 9.17) is 10.5 Å². The van der Waals surface area contributed by atoms with E-state index in [9.17, 15) is 19.5 Å². The van der Waals surface area contributed by atoms with Crippen LogP contribution in [0, 0.1) is 0 Å². The number of ether oxygens (including phenoxy) is 1. The zero-order valence-electron chi connectivity index (χ0n) is 27.1. The summed E-state index contributed by atoms with van der Waals surface area (Å²) >= 11 is 0. The quantitative estimate of drug-likeness (QED) is 0.0437. The molecular weight excluding hydrogens is 528 g/mol. The molecule has 0 radical (unpaired) electrons. The Morgan fingerprint density at radius 3 is 1.88 bits per heavy atom. The summed E-state index contributed by atoms with van der Waals surface area (Å²) in [7, 11) is 0. The molecule has 0 aromatic rings. The summed E-state index contributed by atoms with van der Waals surface area (Å²) in [6.07, 6.45) is 31.0. The van der Waals surface area contributed by atoms with E-state index in [1.54, 1.807) is 0 Å². The van der Waals surface area contributed by atoms with E-state index in [2.05, 4.69) is 43.5 Å². The van der Waals surface area contributed by atoms with Crippen LogP contribution in [0.4, 0.5) is 0 Å². The third-order valence-electron chi connectivity index (χ3n) is 7.52. The molecule has 0 saturated heterocycles. The van der Waals surface area contributed by atoms with Gasteiger partial charge >= 0.3 is 11.9 Å². The predicted molar refractivity (Wildman–Crippen MR) is 174 cm³/mol. The van der Waals surface area contributed by atoms with Gasteiger partial charge in [0.25, 0.3) is 0 Å². The molecule has 0 spiro atoms. The zero-order valence-corrected chi connectivity index (χ0v) is 27.1. The van der Waals surface area contributed by atoms with Gasteiger partial charge in [-0.1, -0.05) is 89.5 Å². The van der Waals surface area contributed by atoms with Gasteiger partial charge in [-0.25, -0.2) is 4.79 Å². The minimum absolute atomic E-state index is 0.0523. The second kappa shape index (κ2) is 30.3. The molecule has 7 heteroatoms. The molecule has 0 heterocycles. The molecule has 1 amide bonds. The lowest BCUT2D eigenvalue weighted by molar-refractivity contribution is -0.150. The second-order valence-electron chi connectivity index (χ2n) is 11.6. The maximum absolute atomic E-state index is 12.5. The van der Waals surface area contributed by atoms with Gasteiger partial charge in [0, 0.05) is 12.8 Å². The number of carbonyl (C=O) groups is 3. The van der Waals surface area contributed by atoms with Gasteiger partial charge < -0.3 is 20.9 Å². The number of hydrogen-bond acceptors (Lipinski definition) is 5. The Hall–Kier alpha value is -2.15. The molecule has 0 aromatic carbocycles. The summed E-state index contributed by atoms with van der Waals surface area (Å²) in [5.74, 6) is -1.34. The first-order valence-corrected chi connectivity index (χ1v) is 17.2. The van der Waals surface area contributed by atoms with Crippen LogP contribution in [0.3, 0.4) is 0 Å². The van der Waals surface area contributed by atoms with Crippen molar-refractivity contribution in [1.82, 2.24) is 5.32 Å². The van der Waals surface area contributed by atoms with Crippen molar-refractivity contribution in [1.29, 1.82) is 0 Å². The van der Waals surface area contributed by atoms with Gasteiger partial charge in [0.05, 0.1) is 0 Å². The maximum atomic E-state index is 12.5. The summed E-state index contributed by atoms with van der Waals surface area (Å²) < 4.78 is 5.85. The fourth-order valence-electron chi connectivity index (χ4n) is 4.89. The summed E-state index contributed by atoms with van der Waals surface area (Å²) in [4.78, 5) is 35.9. The Kier molecular flexibility index (Phi) is 28.8. The number of aliphatic carboxylic acids is 1. The molecule has 0 aliphatic carbocycles. The fourth-order valence-corrected chi connectivity index (χ4v) is 4.89. The first-order chi connectivity index (χ1) is 20.4. The number of esters is 1. The largest absolute Gasteiger partial charge is 0.480 e. The van der Waals surface area contributed by atoms with E-state index in [1.807, 2.05) is 0 Å². The molecule has 42 heavy (non-hydrogen) atoms. The van der Waals surface area contributed by atoms with Crippen LogP contribution in [0.15, 0.2) is 24.3 Å². The predicted octanol–water partition coefficient (Wildman–Crippen LogP) is 8.55. The summed E-state index contributed by atoms with van der Waals surface area (Å²) in [5, 5.41) is 11.8. The van der Waals surface area contributed by atoms with Crippen LogP contribution >= 0.6 is 0 Å². The molecule has 244 valence electrons. The number of carbonyl (C=O) groups excluding carboxylic acids is 2. The van der Waals surface area contributed by atoms with Gasteiger partial charge in [-0.3, -0.25) is 9.59 Å². The van der Waals surface area contributed by atoms with E-state index in [0.29, 0.717) is 38.6 Å². The highest BCUT2D eigenvalue weighted by Gasteiger charge is 2.19. The number of rotatable bonds is 30. The van der Waals surface area contributed by atoms with Gasteiger partial charge in [-0.05, 0) is 90.0 Å². The van der Waals surface area contributed by atoms with Crippen LogP contribution < -0.4 is 11.1 Å². The van der Waals surface area contributed by atoms with Gasteiger partial charge in [0.2, 0.25) is 5.91 Å². The third-order valence-corrected chi connectivity index (χ3v) is 7.52. The van der Waals surface area contributed by atoms with Crippen molar-refractivity contribution in [3.63, 3.8) is 0 Å². The minimum Gasteiger partial charge on any atom is -0.480 e. The van der Waals surface area contributed by atoms with Crippen molar-refractivity contribution in [2.45, 2.75) is 174 Å². The van der Waals surface area contributed by atoms with Crippen LogP contribution in [0.2, 0.25) is 0 Å². The molecule has 0 bridgehead atoms. The Morgan fingerprint density at radius 2 is 1.24 bits per heavy atom. The Morgan fingerprint density at radius 1 is 0.690 bits per heavy atom. The number of hydrogen-bond donors (Lipinski definition) is 3. The smallest absolute Gasteiger partial charge is 0.326 e. The second-order valence-corrected chi connectivity index (χ2v) is 11.6. The molecule has 2 atom stereocenters. The number of unbranched alkanes of at least 4 members (excludes halogenated alkanes) is 12. The van der Waals surface area contributed by atoms with Gasteiger partial charge in [-0.2, -0.15) is 0 Å². The van der Waals surface area contributed by atoms with Crippen molar-refractivity contribution in [3.8, 4) is 0 Å². The topological polar surface area (TPSA) is 119 Å². The number of nitrogens with two attached hydrogens (primary N) is 1. The van der Waals surface area contributed by atoms with E-state index < -0.39 is 12.0 Å². The SMILES string of the molecule is CCCCC/C=C\C/C=C\CCCCCCCC(=O)OC(CCCCC)CCCCCC(=O)NC(CCCN)C(=O)O. The highest BCUT2D eigenvalue weighted by molar-refractivity contribution is 5.83. The van der Waals surface area contributed by atoms with Crippen LogP contribution in [0.25, 0.3) is 0 Å². The average molecular weight is 593 g/mol. The van der Waals surface area contributed by atoms with E-state index in [0.717, 1.165) is 77.0 Å². The molecule has 0 fully saturated rings. The van der Waals surface area contributed by atoms with Crippen molar-refractivity contribution in [2.24, 2.45) is 5.73 Å². The molecule has 0 aliphatic heterocycles. The fraction of sp³-hybridized carbons (Fsp3) is 0.800. The van der Waals surface area contributed by atoms with Crippen molar-refractivity contribution < 1.29 is 24.2 Å². The average Bonchev–Trinajstić information content (AvgIpc) is 2.96. The molecule has 4 N–H and O–H groups in total. The standard InChI is InChI=1S/C35H64N2O5/c1-3-5-7-8-9-10-11-12-13-14-15-16-17-18-23-29-34(39)42-31(25-20-6-4-2)26-21-19-22-28-33(38)37-32(35(40)41)27-24-30-36/h9-10,12-13,31-32H,3-8,11,14-30,36H2,1-2H3,(H,37,38)(H,40,41)/b10-9-,13-12-. The number of carboxylic acid groups (broad SMARTS) is 1. The molecule has 0 saturated carbocycles. The molecule has 2 unspecified atom stereocenters. The molecule has 0 rings (SSSR count). The third kappa shape index (κ3) is 26.7. The number of allylic oxidation sites excluding steroid dienone is 4. The highest BCUT2D eigenvalue weighted by Crippen LogP contribution is 2.17. The molecule has 7 nitrogen and oxygen atoms in total. The summed E-state index contributed by atoms with van der Waals surface area (Å²) in [6.45, 7) is 4.81. The van der Waals surface area contributed by atoms with E-state index in [1.165, 1.54) is 38.5 Å². The number of carboxylic acids is 1. The minimum atomic E-state index is -1.02. The number of nitrogens with one attached hydrogen (secondary N) is 1. The Balaban J connectivity index is 4.05. The normalized spacial score (nSPS) is 13.0. The van der Waals surface area contributed by atoms with Crippen LogP contribution in [-0.2, 0) is 19.1 Å². The van der Waals surface area contributed by atoms with E-state index in [-0.39, 0.29) is 18.0 Å². The molecule has 0 aliphatic rings. The lowest BCUT2D eigenvalue weighted by atomic mass is 10.0. The molecule has 0 aromatic heterocycles. The first-order valence-electron chi connectivity index (χ1n) is 17.2. The van der Waals surface area contributed by atoms with Crippen LogP contribution in [-0.4, -0.2) is 41.6 Å². The monoisotopic (exact) mass is 592 g/mol. The van der Waals surface area contributed by atoms with Crippen molar-refractivity contribution in [2.75, 3.05) is 6.54 Å².